The van der Waals surface area contributed by atoms with Crippen molar-refractivity contribution in [3.8, 4) is 0 Å². The topological polar surface area (TPSA) is 52.6 Å². The lowest BCUT2D eigenvalue weighted by molar-refractivity contribution is -0.138. The minimum atomic E-state index is 0.172. The summed E-state index contributed by atoms with van der Waals surface area (Å²) in [6, 6.07) is 0. The quantitative estimate of drug-likeness (QED) is 0.708. The van der Waals surface area contributed by atoms with Crippen LogP contribution in [0.1, 0.15) is 25.7 Å². The van der Waals surface area contributed by atoms with E-state index in [1.54, 1.807) is 0 Å². The molecule has 0 radical (unpaired) electrons. The lowest BCUT2D eigenvalue weighted by atomic mass is 9.94. The normalized spacial score (nSPS) is 31.4. The molecule has 1 amide bonds. The first-order valence-electron chi connectivity index (χ1n) is 6.41. The molecule has 2 aliphatic rings. The number of amides is 1. The van der Waals surface area contributed by atoms with Crippen molar-refractivity contribution in [2.75, 3.05) is 32.8 Å². The number of hydrogen-bond donors (Lipinski definition) is 2. The number of nitrogens with zero attached hydrogens (tertiary/aromatic N) is 1. The fourth-order valence-corrected chi connectivity index (χ4v) is 2.74. The average molecular weight is 226 g/mol. The molecule has 1 unspecified atom stereocenters. The summed E-state index contributed by atoms with van der Waals surface area (Å²) in [5.41, 5.74) is 0. The molecule has 0 saturated carbocycles. The Morgan fingerprint density at radius 3 is 2.94 bits per heavy atom. The largest absolute Gasteiger partial charge is 0.396 e. The van der Waals surface area contributed by atoms with Gasteiger partial charge in [-0.3, -0.25) is 4.79 Å². The summed E-state index contributed by atoms with van der Waals surface area (Å²) in [5.74, 6) is 0.769. The SMILES string of the molecule is O=C([C@@H]1CCCNC1)N1CCCC(CO)C1. The van der Waals surface area contributed by atoms with Gasteiger partial charge in [-0.2, -0.15) is 0 Å². The van der Waals surface area contributed by atoms with Crippen LogP contribution in [-0.4, -0.2) is 48.7 Å². The van der Waals surface area contributed by atoms with Crippen molar-refractivity contribution >= 4 is 5.91 Å². The van der Waals surface area contributed by atoms with Gasteiger partial charge >= 0.3 is 0 Å². The van der Waals surface area contributed by atoms with Crippen molar-refractivity contribution in [1.29, 1.82) is 0 Å². The van der Waals surface area contributed by atoms with E-state index in [-0.39, 0.29) is 12.5 Å². The van der Waals surface area contributed by atoms with Crippen LogP contribution in [0.15, 0.2) is 0 Å². The minimum absolute atomic E-state index is 0.172. The highest BCUT2D eigenvalue weighted by molar-refractivity contribution is 5.79. The van der Waals surface area contributed by atoms with Crippen molar-refractivity contribution in [2.24, 2.45) is 11.8 Å². The van der Waals surface area contributed by atoms with Crippen LogP contribution in [-0.2, 0) is 4.79 Å². The molecule has 2 rings (SSSR count). The summed E-state index contributed by atoms with van der Waals surface area (Å²) in [4.78, 5) is 14.2. The molecule has 2 fully saturated rings. The Bertz CT molecular complexity index is 239. The molecule has 0 aromatic heterocycles. The van der Waals surface area contributed by atoms with Gasteiger partial charge in [0.2, 0.25) is 5.91 Å². The highest BCUT2D eigenvalue weighted by atomic mass is 16.3. The Morgan fingerprint density at radius 1 is 1.38 bits per heavy atom. The standard InChI is InChI=1S/C12H22N2O2/c15-9-10-3-2-6-14(8-10)12(16)11-4-1-5-13-7-11/h10-11,13,15H,1-9H2/t10?,11-/m1/s1. The van der Waals surface area contributed by atoms with Gasteiger partial charge in [0.05, 0.1) is 5.92 Å². The third-order valence-electron chi connectivity index (χ3n) is 3.73. The van der Waals surface area contributed by atoms with E-state index in [0.29, 0.717) is 11.8 Å². The number of aliphatic hydroxyl groups is 1. The predicted molar refractivity (Wildman–Crippen MR) is 62.0 cm³/mol. The van der Waals surface area contributed by atoms with Crippen LogP contribution in [0.5, 0.6) is 0 Å². The highest BCUT2D eigenvalue weighted by Gasteiger charge is 2.29. The second kappa shape index (κ2) is 5.64. The molecule has 2 heterocycles. The lowest BCUT2D eigenvalue weighted by Gasteiger charge is -2.35. The van der Waals surface area contributed by atoms with Crippen LogP contribution in [0.25, 0.3) is 0 Å². The summed E-state index contributed by atoms with van der Waals surface area (Å²) in [6.07, 6.45) is 4.22. The number of aliphatic hydroxyl groups excluding tert-OH is 1. The van der Waals surface area contributed by atoms with Crippen LogP contribution in [0.4, 0.5) is 0 Å². The van der Waals surface area contributed by atoms with Crippen LogP contribution < -0.4 is 5.32 Å². The van der Waals surface area contributed by atoms with Crippen molar-refractivity contribution in [3.05, 3.63) is 0 Å². The van der Waals surface area contributed by atoms with Gasteiger partial charge in [-0.25, -0.2) is 0 Å². The molecule has 2 saturated heterocycles. The fraction of sp³-hybridized carbons (Fsp3) is 0.917. The number of hydrogen-bond acceptors (Lipinski definition) is 3. The maximum absolute atomic E-state index is 12.2. The molecular formula is C12H22N2O2. The molecular weight excluding hydrogens is 204 g/mol. The first-order chi connectivity index (χ1) is 7.81. The van der Waals surface area contributed by atoms with Gasteiger partial charge in [0, 0.05) is 26.2 Å². The molecule has 2 N–H and O–H groups in total. The van der Waals surface area contributed by atoms with Gasteiger partial charge in [0.1, 0.15) is 0 Å². The van der Waals surface area contributed by atoms with E-state index in [1.807, 2.05) is 4.90 Å². The zero-order valence-corrected chi connectivity index (χ0v) is 9.82. The van der Waals surface area contributed by atoms with E-state index >= 15 is 0 Å². The molecule has 16 heavy (non-hydrogen) atoms. The van der Waals surface area contributed by atoms with E-state index in [4.69, 9.17) is 5.11 Å². The van der Waals surface area contributed by atoms with Crippen molar-refractivity contribution in [2.45, 2.75) is 25.7 Å². The molecule has 4 nitrogen and oxygen atoms in total. The third kappa shape index (κ3) is 2.74. The molecule has 0 spiro atoms. The van der Waals surface area contributed by atoms with Crippen LogP contribution in [0, 0.1) is 11.8 Å². The first-order valence-corrected chi connectivity index (χ1v) is 6.41. The van der Waals surface area contributed by atoms with E-state index in [2.05, 4.69) is 5.32 Å². The third-order valence-corrected chi connectivity index (χ3v) is 3.73. The molecule has 0 aromatic carbocycles. The number of rotatable bonds is 2. The average Bonchev–Trinajstić information content (AvgIpc) is 2.39. The molecule has 0 bridgehead atoms. The number of carbonyl (C=O) groups is 1. The second-order valence-electron chi connectivity index (χ2n) is 5.02. The lowest BCUT2D eigenvalue weighted by Crippen LogP contribution is -2.47. The Balaban J connectivity index is 1.87. The Hall–Kier alpha value is -0.610. The predicted octanol–water partition coefficient (Wildman–Crippen LogP) is 0.217. The second-order valence-corrected chi connectivity index (χ2v) is 5.02. The van der Waals surface area contributed by atoms with E-state index < -0.39 is 0 Å². The maximum atomic E-state index is 12.2. The van der Waals surface area contributed by atoms with Crippen LogP contribution >= 0.6 is 0 Å². The molecule has 0 aromatic rings. The smallest absolute Gasteiger partial charge is 0.226 e. The van der Waals surface area contributed by atoms with Crippen LogP contribution in [0.3, 0.4) is 0 Å². The molecule has 92 valence electrons. The van der Waals surface area contributed by atoms with E-state index in [0.717, 1.165) is 51.9 Å². The van der Waals surface area contributed by atoms with Gasteiger partial charge in [0.15, 0.2) is 0 Å². The number of piperidine rings is 2. The minimum Gasteiger partial charge on any atom is -0.396 e. The number of carbonyl (C=O) groups excluding carboxylic acids is 1. The summed E-state index contributed by atoms with van der Waals surface area (Å²) < 4.78 is 0. The van der Waals surface area contributed by atoms with Crippen LogP contribution in [0.2, 0.25) is 0 Å². The van der Waals surface area contributed by atoms with Gasteiger partial charge in [-0.05, 0) is 38.1 Å². The van der Waals surface area contributed by atoms with Crippen molar-refractivity contribution in [1.82, 2.24) is 10.2 Å². The summed E-state index contributed by atoms with van der Waals surface area (Å²) in [7, 11) is 0. The Kier molecular flexibility index (Phi) is 4.18. The van der Waals surface area contributed by atoms with Gasteiger partial charge in [-0.1, -0.05) is 0 Å². The zero-order chi connectivity index (χ0) is 11.4. The van der Waals surface area contributed by atoms with Gasteiger partial charge in [0.25, 0.3) is 0 Å². The molecule has 4 heteroatoms. The fourth-order valence-electron chi connectivity index (χ4n) is 2.74. The number of likely N-dealkylation sites (tertiary alicyclic amines) is 1. The number of nitrogens with one attached hydrogen (secondary N) is 1. The Labute approximate surface area is 97.0 Å². The van der Waals surface area contributed by atoms with E-state index in [1.165, 1.54) is 0 Å². The molecule has 2 atom stereocenters. The van der Waals surface area contributed by atoms with Crippen molar-refractivity contribution < 1.29 is 9.90 Å². The van der Waals surface area contributed by atoms with Crippen molar-refractivity contribution in [3.63, 3.8) is 0 Å². The monoisotopic (exact) mass is 226 g/mol. The summed E-state index contributed by atoms with van der Waals surface area (Å²) >= 11 is 0. The first kappa shape index (κ1) is 11.9. The van der Waals surface area contributed by atoms with Gasteiger partial charge < -0.3 is 15.3 Å². The zero-order valence-electron chi connectivity index (χ0n) is 9.82. The van der Waals surface area contributed by atoms with Gasteiger partial charge in [-0.15, -0.1) is 0 Å². The Morgan fingerprint density at radius 2 is 2.25 bits per heavy atom. The highest BCUT2D eigenvalue weighted by Crippen LogP contribution is 2.20. The maximum Gasteiger partial charge on any atom is 0.226 e. The summed E-state index contributed by atoms with van der Waals surface area (Å²) in [5, 5.41) is 12.4. The molecule has 0 aliphatic carbocycles. The molecule has 2 aliphatic heterocycles. The summed E-state index contributed by atoms with van der Waals surface area (Å²) in [6.45, 7) is 3.73. The van der Waals surface area contributed by atoms with E-state index in [9.17, 15) is 4.79 Å².